The molecule has 2 heteroatoms. The Labute approximate surface area is 146 Å². The lowest BCUT2D eigenvalue weighted by atomic mass is 9.94. The maximum absolute atomic E-state index is 3.66. The van der Waals surface area contributed by atoms with E-state index in [4.69, 9.17) is 0 Å². The Kier molecular flexibility index (Phi) is 3.51. The van der Waals surface area contributed by atoms with Gasteiger partial charge in [-0.15, -0.1) is 0 Å². The van der Waals surface area contributed by atoms with Gasteiger partial charge in [0.2, 0.25) is 0 Å². The van der Waals surface area contributed by atoms with Crippen LogP contribution in [-0.4, -0.2) is 0 Å². The zero-order valence-corrected chi connectivity index (χ0v) is 14.9. The van der Waals surface area contributed by atoms with Crippen LogP contribution < -0.4 is 0 Å². The van der Waals surface area contributed by atoms with Crippen molar-refractivity contribution in [3.63, 3.8) is 0 Å². The number of rotatable bonds is 1. The number of hydrogen-bond acceptors (Lipinski definition) is 0. The molecule has 0 aliphatic rings. The standard InChI is InChI=1S/C20H12Br2/c21-14-11-13-5-1-2-6-15(13)19(12-14)17-9-10-20(22)18-8-4-3-7-16(17)18/h1-12H. The van der Waals surface area contributed by atoms with Crippen LogP contribution in [-0.2, 0) is 0 Å². The summed E-state index contributed by atoms with van der Waals surface area (Å²) >= 11 is 7.31. The molecule has 0 amide bonds. The second kappa shape index (κ2) is 5.53. The van der Waals surface area contributed by atoms with E-state index in [2.05, 4.69) is 105 Å². The van der Waals surface area contributed by atoms with E-state index < -0.39 is 0 Å². The lowest BCUT2D eigenvalue weighted by Crippen LogP contribution is -1.85. The average molecular weight is 412 g/mol. The van der Waals surface area contributed by atoms with Gasteiger partial charge in [0, 0.05) is 8.95 Å². The van der Waals surface area contributed by atoms with Crippen LogP contribution in [0.25, 0.3) is 32.7 Å². The van der Waals surface area contributed by atoms with Gasteiger partial charge in [0.15, 0.2) is 0 Å². The van der Waals surface area contributed by atoms with Crippen LogP contribution in [0.2, 0.25) is 0 Å². The minimum atomic E-state index is 1.10. The molecule has 0 bridgehead atoms. The molecule has 0 nitrogen and oxygen atoms in total. The number of benzene rings is 4. The highest BCUT2D eigenvalue weighted by Gasteiger charge is 2.10. The zero-order valence-electron chi connectivity index (χ0n) is 11.7. The van der Waals surface area contributed by atoms with E-state index in [1.165, 1.54) is 32.7 Å². The van der Waals surface area contributed by atoms with E-state index in [-0.39, 0.29) is 0 Å². The molecular weight excluding hydrogens is 400 g/mol. The minimum absolute atomic E-state index is 1.10. The van der Waals surface area contributed by atoms with E-state index >= 15 is 0 Å². The van der Waals surface area contributed by atoms with Crippen molar-refractivity contribution in [2.24, 2.45) is 0 Å². The molecule has 0 fully saturated rings. The maximum Gasteiger partial charge on any atom is 0.0254 e. The average Bonchev–Trinajstić information content (AvgIpc) is 2.55. The third kappa shape index (κ3) is 2.27. The molecule has 4 aromatic rings. The minimum Gasteiger partial charge on any atom is -0.0616 e. The van der Waals surface area contributed by atoms with Crippen molar-refractivity contribution in [2.45, 2.75) is 0 Å². The highest BCUT2D eigenvalue weighted by atomic mass is 79.9. The molecule has 106 valence electrons. The third-order valence-corrected chi connectivity index (χ3v) is 5.14. The smallest absolute Gasteiger partial charge is 0.0254 e. The molecule has 0 unspecified atom stereocenters. The van der Waals surface area contributed by atoms with Crippen LogP contribution in [0.5, 0.6) is 0 Å². The Morgan fingerprint density at radius 2 is 1.23 bits per heavy atom. The van der Waals surface area contributed by atoms with E-state index in [1.54, 1.807) is 0 Å². The Balaban J connectivity index is 2.15. The van der Waals surface area contributed by atoms with Gasteiger partial charge in [-0.3, -0.25) is 0 Å². The van der Waals surface area contributed by atoms with Crippen molar-refractivity contribution in [1.29, 1.82) is 0 Å². The molecule has 4 aromatic carbocycles. The van der Waals surface area contributed by atoms with Crippen molar-refractivity contribution >= 4 is 53.4 Å². The lowest BCUT2D eigenvalue weighted by Gasteiger charge is -2.12. The van der Waals surface area contributed by atoms with Crippen LogP contribution in [0, 0.1) is 0 Å². The Bertz CT molecular complexity index is 1000. The topological polar surface area (TPSA) is 0 Å². The summed E-state index contributed by atoms with van der Waals surface area (Å²) in [7, 11) is 0. The molecule has 4 rings (SSSR count). The molecule has 22 heavy (non-hydrogen) atoms. The Morgan fingerprint density at radius 1 is 0.545 bits per heavy atom. The summed E-state index contributed by atoms with van der Waals surface area (Å²) in [6, 6.07) is 25.7. The third-order valence-electron chi connectivity index (χ3n) is 3.99. The Morgan fingerprint density at radius 3 is 2.05 bits per heavy atom. The normalized spacial score (nSPS) is 11.2. The van der Waals surface area contributed by atoms with Crippen LogP contribution in [0.1, 0.15) is 0 Å². The highest BCUT2D eigenvalue weighted by molar-refractivity contribution is 9.11. The largest absolute Gasteiger partial charge is 0.0616 e. The molecule has 0 saturated heterocycles. The monoisotopic (exact) mass is 410 g/mol. The van der Waals surface area contributed by atoms with Crippen molar-refractivity contribution in [1.82, 2.24) is 0 Å². The summed E-state index contributed by atoms with van der Waals surface area (Å²) in [6.45, 7) is 0. The quantitative estimate of drug-likeness (QED) is 0.311. The summed E-state index contributed by atoms with van der Waals surface area (Å²) < 4.78 is 2.24. The van der Waals surface area contributed by atoms with Gasteiger partial charge in [0.25, 0.3) is 0 Å². The maximum atomic E-state index is 3.66. The van der Waals surface area contributed by atoms with Crippen LogP contribution in [0.4, 0.5) is 0 Å². The van der Waals surface area contributed by atoms with Gasteiger partial charge in [0.05, 0.1) is 0 Å². The first-order chi connectivity index (χ1) is 10.7. The molecule has 0 N–H and O–H groups in total. The van der Waals surface area contributed by atoms with Crippen molar-refractivity contribution in [3.8, 4) is 11.1 Å². The van der Waals surface area contributed by atoms with Gasteiger partial charge in [0.1, 0.15) is 0 Å². The van der Waals surface area contributed by atoms with Gasteiger partial charge < -0.3 is 0 Å². The predicted molar refractivity (Wildman–Crippen MR) is 102 cm³/mol. The number of hydrogen-bond donors (Lipinski definition) is 0. The first-order valence-electron chi connectivity index (χ1n) is 7.10. The van der Waals surface area contributed by atoms with E-state index in [9.17, 15) is 0 Å². The molecule has 0 spiro atoms. The summed E-state index contributed by atoms with van der Waals surface area (Å²) in [6.07, 6.45) is 0. The first kappa shape index (κ1) is 14.0. The van der Waals surface area contributed by atoms with Crippen molar-refractivity contribution in [3.05, 3.63) is 81.7 Å². The van der Waals surface area contributed by atoms with Crippen molar-refractivity contribution in [2.75, 3.05) is 0 Å². The molecule has 0 radical (unpaired) electrons. The van der Waals surface area contributed by atoms with Crippen LogP contribution in [0.15, 0.2) is 81.7 Å². The van der Waals surface area contributed by atoms with E-state index in [1.807, 2.05) is 0 Å². The van der Waals surface area contributed by atoms with Gasteiger partial charge in [-0.2, -0.15) is 0 Å². The summed E-state index contributed by atoms with van der Waals surface area (Å²) in [5.74, 6) is 0. The molecule has 0 atom stereocenters. The number of halogens is 2. The summed E-state index contributed by atoms with van der Waals surface area (Å²) in [5.41, 5.74) is 2.52. The van der Waals surface area contributed by atoms with Crippen LogP contribution >= 0.6 is 31.9 Å². The molecule has 0 aliphatic carbocycles. The first-order valence-corrected chi connectivity index (χ1v) is 8.68. The van der Waals surface area contributed by atoms with Gasteiger partial charge in [-0.05, 0) is 50.9 Å². The molecule has 0 saturated carbocycles. The summed E-state index contributed by atoms with van der Waals surface area (Å²) in [4.78, 5) is 0. The van der Waals surface area contributed by atoms with E-state index in [0.29, 0.717) is 0 Å². The molecule has 0 aromatic heterocycles. The van der Waals surface area contributed by atoms with Gasteiger partial charge in [-0.1, -0.05) is 86.5 Å². The fourth-order valence-electron chi connectivity index (χ4n) is 2.99. The lowest BCUT2D eigenvalue weighted by molar-refractivity contribution is 1.64. The number of fused-ring (bicyclic) bond motifs is 2. The SMILES string of the molecule is Brc1cc(-c2ccc(Br)c3ccccc23)c2ccccc2c1. The zero-order chi connectivity index (χ0) is 15.1. The Hall–Kier alpha value is -1.64. The van der Waals surface area contributed by atoms with Gasteiger partial charge in [-0.25, -0.2) is 0 Å². The van der Waals surface area contributed by atoms with E-state index in [0.717, 1.165) is 8.95 Å². The van der Waals surface area contributed by atoms with Gasteiger partial charge >= 0.3 is 0 Å². The fraction of sp³-hybridized carbons (Fsp3) is 0. The second-order valence-corrected chi connectivity index (χ2v) is 7.09. The molecule has 0 heterocycles. The highest BCUT2D eigenvalue weighted by Crippen LogP contribution is 2.38. The fourth-order valence-corrected chi connectivity index (χ4v) is 3.95. The van der Waals surface area contributed by atoms with Crippen molar-refractivity contribution < 1.29 is 0 Å². The molecule has 0 aliphatic heterocycles. The predicted octanol–water partition coefficient (Wildman–Crippen LogP) is 7.19. The second-order valence-electron chi connectivity index (χ2n) is 5.32. The van der Waals surface area contributed by atoms with Crippen LogP contribution in [0.3, 0.4) is 0 Å². The summed E-state index contributed by atoms with van der Waals surface area (Å²) in [5, 5.41) is 5.03. The molecular formula is C20H12Br2.